The number of sulfone groups is 1. The average Bonchev–Trinajstić information content (AvgIpc) is 2.29. The van der Waals surface area contributed by atoms with Gasteiger partial charge in [-0.25, -0.2) is 8.42 Å². The number of pyridine rings is 1. The molecule has 1 aromatic rings. The maximum absolute atomic E-state index is 11.3. The SMILES string of the molecule is O=S1(=O)CCN(c2cncc(CO)c2)CC1. The van der Waals surface area contributed by atoms with E-state index in [-0.39, 0.29) is 18.1 Å². The minimum atomic E-state index is -2.85. The van der Waals surface area contributed by atoms with Gasteiger partial charge in [-0.1, -0.05) is 0 Å². The Morgan fingerprint density at radius 3 is 2.62 bits per heavy atom. The number of hydrogen-bond acceptors (Lipinski definition) is 5. The molecular weight excluding hydrogens is 228 g/mol. The normalized spacial score (nSPS) is 19.7. The van der Waals surface area contributed by atoms with Gasteiger partial charge in [0.1, 0.15) is 0 Å². The molecule has 0 amide bonds. The predicted octanol–water partition coefficient (Wildman–Crippen LogP) is -0.191. The van der Waals surface area contributed by atoms with Gasteiger partial charge >= 0.3 is 0 Å². The third-order valence-corrected chi connectivity index (χ3v) is 4.28. The Labute approximate surface area is 94.6 Å². The van der Waals surface area contributed by atoms with Gasteiger partial charge in [-0.2, -0.15) is 0 Å². The van der Waals surface area contributed by atoms with Crippen LogP contribution in [0.25, 0.3) is 0 Å². The van der Waals surface area contributed by atoms with Gasteiger partial charge in [-0.05, 0) is 11.6 Å². The molecule has 88 valence electrons. The van der Waals surface area contributed by atoms with Crippen LogP contribution in [0.1, 0.15) is 5.56 Å². The fraction of sp³-hybridized carbons (Fsp3) is 0.500. The quantitative estimate of drug-likeness (QED) is 0.778. The lowest BCUT2D eigenvalue weighted by Crippen LogP contribution is -2.40. The summed E-state index contributed by atoms with van der Waals surface area (Å²) < 4.78 is 22.5. The van der Waals surface area contributed by atoms with E-state index in [1.54, 1.807) is 12.4 Å². The summed E-state index contributed by atoms with van der Waals surface area (Å²) in [6.07, 6.45) is 3.29. The standard InChI is InChI=1S/C10H14N2O3S/c13-8-9-5-10(7-11-6-9)12-1-3-16(14,15)4-2-12/h5-7,13H,1-4,8H2. The van der Waals surface area contributed by atoms with Crippen LogP contribution in [0.4, 0.5) is 5.69 Å². The van der Waals surface area contributed by atoms with Crippen LogP contribution in [-0.4, -0.2) is 43.1 Å². The first kappa shape index (κ1) is 11.3. The molecule has 1 N–H and O–H groups in total. The lowest BCUT2D eigenvalue weighted by atomic mass is 10.2. The Hall–Kier alpha value is -1.14. The molecule has 0 spiro atoms. The number of aliphatic hydroxyl groups is 1. The van der Waals surface area contributed by atoms with E-state index in [1.165, 1.54) is 0 Å². The molecule has 2 rings (SSSR count). The van der Waals surface area contributed by atoms with Crippen molar-refractivity contribution in [3.63, 3.8) is 0 Å². The molecule has 6 heteroatoms. The van der Waals surface area contributed by atoms with Gasteiger partial charge in [0.15, 0.2) is 9.84 Å². The van der Waals surface area contributed by atoms with Crippen LogP contribution in [0.2, 0.25) is 0 Å². The van der Waals surface area contributed by atoms with Gasteiger partial charge in [0.05, 0.1) is 30.0 Å². The van der Waals surface area contributed by atoms with Crippen molar-refractivity contribution in [1.82, 2.24) is 4.98 Å². The van der Waals surface area contributed by atoms with Crippen LogP contribution >= 0.6 is 0 Å². The first-order valence-corrected chi connectivity index (χ1v) is 6.93. The second kappa shape index (κ2) is 4.39. The van der Waals surface area contributed by atoms with Gasteiger partial charge in [0.25, 0.3) is 0 Å². The van der Waals surface area contributed by atoms with Crippen LogP contribution in [0.3, 0.4) is 0 Å². The van der Waals surface area contributed by atoms with Crippen LogP contribution in [-0.2, 0) is 16.4 Å². The number of anilines is 1. The maximum atomic E-state index is 11.3. The third-order valence-electron chi connectivity index (χ3n) is 2.67. The van der Waals surface area contributed by atoms with Crippen LogP contribution < -0.4 is 4.90 Å². The number of nitrogens with zero attached hydrogens (tertiary/aromatic N) is 2. The van der Waals surface area contributed by atoms with Crippen molar-refractivity contribution in [2.24, 2.45) is 0 Å². The molecule has 0 bridgehead atoms. The summed E-state index contributed by atoms with van der Waals surface area (Å²) in [6, 6.07) is 1.84. The fourth-order valence-corrected chi connectivity index (χ4v) is 2.91. The minimum absolute atomic E-state index is 0.0486. The van der Waals surface area contributed by atoms with Crippen molar-refractivity contribution in [3.8, 4) is 0 Å². The van der Waals surface area contributed by atoms with Crippen LogP contribution in [0, 0.1) is 0 Å². The third kappa shape index (κ3) is 2.51. The Morgan fingerprint density at radius 2 is 2.00 bits per heavy atom. The zero-order valence-electron chi connectivity index (χ0n) is 8.83. The largest absolute Gasteiger partial charge is 0.392 e. The lowest BCUT2D eigenvalue weighted by molar-refractivity contribution is 0.281. The van der Waals surface area contributed by atoms with E-state index in [0.29, 0.717) is 13.1 Å². The number of aliphatic hydroxyl groups excluding tert-OH is 1. The molecule has 0 radical (unpaired) electrons. The van der Waals surface area contributed by atoms with Gasteiger partial charge in [-0.3, -0.25) is 4.98 Å². The molecule has 0 aliphatic carbocycles. The molecule has 1 aromatic heterocycles. The zero-order chi connectivity index (χ0) is 11.6. The highest BCUT2D eigenvalue weighted by atomic mass is 32.2. The van der Waals surface area contributed by atoms with Crippen LogP contribution in [0.5, 0.6) is 0 Å². The number of aromatic nitrogens is 1. The molecule has 1 saturated heterocycles. The smallest absolute Gasteiger partial charge is 0.153 e. The fourth-order valence-electron chi connectivity index (χ4n) is 1.70. The van der Waals surface area contributed by atoms with Crippen molar-refractivity contribution >= 4 is 15.5 Å². The van der Waals surface area contributed by atoms with E-state index in [4.69, 9.17) is 5.11 Å². The highest BCUT2D eigenvalue weighted by Crippen LogP contribution is 2.17. The van der Waals surface area contributed by atoms with E-state index in [9.17, 15) is 8.42 Å². The molecule has 0 saturated carbocycles. The summed E-state index contributed by atoms with van der Waals surface area (Å²) in [7, 11) is -2.85. The molecule has 1 aliphatic rings. The first-order valence-electron chi connectivity index (χ1n) is 5.11. The second-order valence-corrected chi connectivity index (χ2v) is 6.15. The Bertz CT molecular complexity index is 459. The van der Waals surface area contributed by atoms with Gasteiger partial charge < -0.3 is 10.0 Å². The van der Waals surface area contributed by atoms with E-state index in [2.05, 4.69) is 4.98 Å². The summed E-state index contributed by atoms with van der Waals surface area (Å²) in [6.45, 7) is 0.949. The predicted molar refractivity (Wildman–Crippen MR) is 61.0 cm³/mol. The van der Waals surface area contributed by atoms with Crippen molar-refractivity contribution in [3.05, 3.63) is 24.0 Å². The Balaban J connectivity index is 2.13. The summed E-state index contributed by atoms with van der Waals surface area (Å²) in [4.78, 5) is 6.00. The van der Waals surface area contributed by atoms with Crippen molar-refractivity contribution in [2.75, 3.05) is 29.5 Å². The topological polar surface area (TPSA) is 70.5 Å². The van der Waals surface area contributed by atoms with E-state index in [0.717, 1.165) is 11.3 Å². The average molecular weight is 242 g/mol. The lowest BCUT2D eigenvalue weighted by Gasteiger charge is -2.28. The highest BCUT2D eigenvalue weighted by molar-refractivity contribution is 7.91. The van der Waals surface area contributed by atoms with E-state index < -0.39 is 9.84 Å². The van der Waals surface area contributed by atoms with Gasteiger partial charge in [-0.15, -0.1) is 0 Å². The molecule has 0 unspecified atom stereocenters. The monoisotopic (exact) mass is 242 g/mol. The summed E-state index contributed by atoms with van der Waals surface area (Å²) >= 11 is 0. The minimum Gasteiger partial charge on any atom is -0.392 e. The molecule has 16 heavy (non-hydrogen) atoms. The molecule has 1 fully saturated rings. The molecular formula is C10H14N2O3S. The molecule has 0 atom stereocenters. The van der Waals surface area contributed by atoms with Gasteiger partial charge in [0, 0.05) is 19.3 Å². The Morgan fingerprint density at radius 1 is 1.31 bits per heavy atom. The van der Waals surface area contributed by atoms with Crippen LogP contribution in [0.15, 0.2) is 18.5 Å². The van der Waals surface area contributed by atoms with Crippen molar-refractivity contribution in [2.45, 2.75) is 6.61 Å². The van der Waals surface area contributed by atoms with E-state index >= 15 is 0 Å². The summed E-state index contributed by atoms with van der Waals surface area (Å²) in [5.41, 5.74) is 1.62. The van der Waals surface area contributed by atoms with E-state index in [1.807, 2.05) is 11.0 Å². The second-order valence-electron chi connectivity index (χ2n) is 3.85. The maximum Gasteiger partial charge on any atom is 0.153 e. The van der Waals surface area contributed by atoms with Gasteiger partial charge in [0.2, 0.25) is 0 Å². The molecule has 5 nitrogen and oxygen atoms in total. The summed E-state index contributed by atoms with van der Waals surface area (Å²) in [5, 5.41) is 8.99. The molecule has 1 aliphatic heterocycles. The van der Waals surface area contributed by atoms with Crippen molar-refractivity contribution < 1.29 is 13.5 Å². The highest BCUT2D eigenvalue weighted by Gasteiger charge is 2.21. The molecule has 2 heterocycles. The first-order chi connectivity index (χ1) is 7.61. The number of rotatable bonds is 2. The molecule has 0 aromatic carbocycles. The summed E-state index contributed by atoms with van der Waals surface area (Å²) in [5.74, 6) is 0.382. The Kier molecular flexibility index (Phi) is 3.11. The zero-order valence-corrected chi connectivity index (χ0v) is 9.65. The van der Waals surface area contributed by atoms with Crippen molar-refractivity contribution in [1.29, 1.82) is 0 Å². The number of hydrogen-bond donors (Lipinski definition) is 1.